The minimum absolute atomic E-state index is 0.341. The van der Waals surface area contributed by atoms with Crippen molar-refractivity contribution >= 4 is 5.78 Å². The lowest BCUT2D eigenvalue weighted by atomic mass is 9.53. The van der Waals surface area contributed by atoms with Crippen molar-refractivity contribution in [1.82, 2.24) is 0 Å². The van der Waals surface area contributed by atoms with Gasteiger partial charge in [0.15, 0.2) is 0 Å². The van der Waals surface area contributed by atoms with E-state index in [0.29, 0.717) is 29.3 Å². The Morgan fingerprint density at radius 2 is 1.96 bits per heavy atom. The molecule has 0 N–H and O–H groups in total. The fourth-order valence-corrected chi connectivity index (χ4v) is 6.65. The molecule has 4 aliphatic rings. The van der Waals surface area contributed by atoms with Gasteiger partial charge in [-0.1, -0.05) is 19.8 Å². The zero-order valence-electron chi connectivity index (χ0n) is 14.8. The third kappa shape index (κ3) is 2.78. The van der Waals surface area contributed by atoms with Crippen LogP contribution in [0, 0.1) is 29.1 Å². The monoisotopic (exact) mass is 320 g/mol. The first-order valence-corrected chi connectivity index (χ1v) is 9.81. The Morgan fingerprint density at radius 1 is 1.13 bits per heavy atom. The van der Waals surface area contributed by atoms with Crippen LogP contribution in [0.4, 0.5) is 0 Å². The molecule has 4 fully saturated rings. The van der Waals surface area contributed by atoms with Crippen LogP contribution in [0.2, 0.25) is 0 Å². The predicted molar refractivity (Wildman–Crippen MR) is 89.2 cm³/mol. The van der Waals surface area contributed by atoms with Gasteiger partial charge in [-0.05, 0) is 68.1 Å². The fourth-order valence-electron chi connectivity index (χ4n) is 6.65. The van der Waals surface area contributed by atoms with Gasteiger partial charge in [0.25, 0.3) is 0 Å². The van der Waals surface area contributed by atoms with Crippen molar-refractivity contribution in [1.29, 1.82) is 0 Å². The van der Waals surface area contributed by atoms with Gasteiger partial charge in [-0.25, -0.2) is 0 Å². The molecule has 3 aliphatic carbocycles. The van der Waals surface area contributed by atoms with Gasteiger partial charge in [-0.2, -0.15) is 0 Å². The van der Waals surface area contributed by atoms with E-state index in [1.165, 1.54) is 38.5 Å². The van der Waals surface area contributed by atoms with Crippen LogP contribution in [0.1, 0.15) is 65.2 Å². The number of carbonyl (C=O) groups excluding carboxylic acids is 1. The predicted octanol–water partition coefficient (Wildman–Crippen LogP) is 3.99. The van der Waals surface area contributed by atoms with Gasteiger partial charge in [0.1, 0.15) is 5.78 Å². The maximum Gasteiger partial charge on any atom is 0.129 e. The van der Waals surface area contributed by atoms with E-state index in [1.807, 2.05) is 0 Å². The summed E-state index contributed by atoms with van der Waals surface area (Å²) >= 11 is 0. The van der Waals surface area contributed by atoms with Gasteiger partial charge in [-0.3, -0.25) is 0 Å². The Bertz CT molecular complexity index is 462. The van der Waals surface area contributed by atoms with E-state index in [9.17, 15) is 4.79 Å². The Labute approximate surface area is 140 Å². The molecule has 4 rings (SSSR count). The van der Waals surface area contributed by atoms with Crippen molar-refractivity contribution < 1.29 is 14.3 Å². The van der Waals surface area contributed by atoms with Crippen LogP contribution in [0.25, 0.3) is 0 Å². The number of hydrogen-bond donors (Lipinski definition) is 0. The van der Waals surface area contributed by atoms with Crippen LogP contribution in [-0.4, -0.2) is 31.2 Å². The summed E-state index contributed by atoms with van der Waals surface area (Å²) in [5.41, 5.74) is 0.420. The first kappa shape index (κ1) is 16.1. The molecular formula is C20H32O3. The fraction of sp³-hybridized carbons (Fsp3) is 0.950. The molecule has 0 radical (unpaired) electrons. The van der Waals surface area contributed by atoms with Crippen LogP contribution in [0.3, 0.4) is 0 Å². The highest BCUT2D eigenvalue weighted by Gasteiger charge is 2.59. The molecule has 0 aromatic heterocycles. The summed E-state index contributed by atoms with van der Waals surface area (Å²) in [6, 6.07) is 0. The molecule has 0 aromatic carbocycles. The van der Waals surface area contributed by atoms with E-state index in [2.05, 4.69) is 6.92 Å². The maximum absolute atomic E-state index is 11.4. The second-order valence-corrected chi connectivity index (χ2v) is 8.93. The third-order valence-electron chi connectivity index (χ3n) is 7.56. The molecule has 1 heterocycles. The molecule has 0 amide bonds. The molecule has 130 valence electrons. The van der Waals surface area contributed by atoms with Crippen LogP contribution >= 0.6 is 0 Å². The van der Waals surface area contributed by atoms with Crippen LogP contribution in [0.15, 0.2) is 0 Å². The molecule has 23 heavy (non-hydrogen) atoms. The van der Waals surface area contributed by atoms with Gasteiger partial charge >= 0.3 is 0 Å². The number of ether oxygens (including phenoxy) is 2. The average molecular weight is 320 g/mol. The van der Waals surface area contributed by atoms with Crippen molar-refractivity contribution in [2.45, 2.75) is 77.4 Å². The van der Waals surface area contributed by atoms with E-state index in [1.54, 1.807) is 6.92 Å². The highest BCUT2D eigenvalue weighted by molar-refractivity contribution is 5.75. The topological polar surface area (TPSA) is 35.5 Å². The SMILES string of the molecule is CC(=O)CCC1CCCC2C1CCC1(C)CC3OCCOC3C21. The first-order chi connectivity index (χ1) is 11.1. The lowest BCUT2D eigenvalue weighted by molar-refractivity contribution is -0.156. The lowest BCUT2D eigenvalue weighted by Crippen LogP contribution is -2.49. The maximum atomic E-state index is 11.4. The summed E-state index contributed by atoms with van der Waals surface area (Å²) < 4.78 is 12.3. The van der Waals surface area contributed by atoms with E-state index in [-0.39, 0.29) is 0 Å². The summed E-state index contributed by atoms with van der Waals surface area (Å²) in [4.78, 5) is 11.4. The largest absolute Gasteiger partial charge is 0.373 e. The highest BCUT2D eigenvalue weighted by atomic mass is 16.6. The van der Waals surface area contributed by atoms with E-state index >= 15 is 0 Å². The van der Waals surface area contributed by atoms with Crippen molar-refractivity contribution in [2.75, 3.05) is 13.2 Å². The van der Waals surface area contributed by atoms with Gasteiger partial charge in [0.2, 0.25) is 0 Å². The average Bonchev–Trinajstić information content (AvgIpc) is 2.85. The number of carbonyl (C=O) groups is 1. The van der Waals surface area contributed by atoms with Crippen molar-refractivity contribution in [3.05, 3.63) is 0 Å². The zero-order chi connectivity index (χ0) is 16.0. The third-order valence-corrected chi connectivity index (χ3v) is 7.56. The molecular weight excluding hydrogens is 288 g/mol. The number of Topliss-reactive ketones (excluding diaryl/α,β-unsaturated/α-hetero) is 1. The second-order valence-electron chi connectivity index (χ2n) is 8.93. The van der Waals surface area contributed by atoms with Gasteiger partial charge in [0.05, 0.1) is 25.4 Å². The summed E-state index contributed by atoms with van der Waals surface area (Å²) in [6.45, 7) is 5.79. The number of rotatable bonds is 3. The highest BCUT2D eigenvalue weighted by Crippen LogP contribution is 2.62. The van der Waals surface area contributed by atoms with E-state index in [4.69, 9.17) is 9.47 Å². The molecule has 0 aromatic rings. The second kappa shape index (κ2) is 6.15. The van der Waals surface area contributed by atoms with E-state index in [0.717, 1.165) is 43.8 Å². The summed E-state index contributed by atoms with van der Waals surface area (Å²) in [6.07, 6.45) is 10.5. The van der Waals surface area contributed by atoms with Crippen LogP contribution in [0.5, 0.6) is 0 Å². The zero-order valence-corrected chi connectivity index (χ0v) is 14.8. The molecule has 3 heteroatoms. The minimum atomic E-state index is 0.341. The van der Waals surface area contributed by atoms with Crippen LogP contribution in [-0.2, 0) is 14.3 Å². The van der Waals surface area contributed by atoms with Gasteiger partial charge in [0, 0.05) is 6.42 Å². The Kier molecular flexibility index (Phi) is 4.30. The molecule has 1 aliphatic heterocycles. The summed E-state index contributed by atoms with van der Waals surface area (Å²) in [5, 5.41) is 0. The van der Waals surface area contributed by atoms with Crippen molar-refractivity contribution in [3.8, 4) is 0 Å². The van der Waals surface area contributed by atoms with Gasteiger partial charge in [-0.15, -0.1) is 0 Å². The van der Waals surface area contributed by atoms with Crippen molar-refractivity contribution in [2.24, 2.45) is 29.1 Å². The minimum Gasteiger partial charge on any atom is -0.373 e. The number of fused-ring (bicyclic) bond motifs is 5. The molecule has 3 nitrogen and oxygen atoms in total. The molecule has 7 unspecified atom stereocenters. The Hall–Kier alpha value is -0.410. The van der Waals surface area contributed by atoms with Crippen molar-refractivity contribution in [3.63, 3.8) is 0 Å². The molecule has 3 saturated carbocycles. The summed E-state index contributed by atoms with van der Waals surface area (Å²) in [7, 11) is 0. The standard InChI is InChI=1S/C20H32O3/c1-13(21)6-7-14-4-3-5-16-15(14)8-9-20(2)12-17-19(18(16)20)23-11-10-22-17/h14-19H,3-12H2,1-2H3. The first-order valence-electron chi connectivity index (χ1n) is 9.81. The molecule has 1 saturated heterocycles. The Balaban J connectivity index is 1.54. The molecule has 0 bridgehead atoms. The molecule has 7 atom stereocenters. The quantitative estimate of drug-likeness (QED) is 0.788. The smallest absolute Gasteiger partial charge is 0.129 e. The number of ketones is 1. The van der Waals surface area contributed by atoms with Crippen LogP contribution < -0.4 is 0 Å². The lowest BCUT2D eigenvalue weighted by Gasteiger charge is -2.52. The molecule has 0 spiro atoms. The Morgan fingerprint density at radius 3 is 2.78 bits per heavy atom. The van der Waals surface area contributed by atoms with Gasteiger partial charge < -0.3 is 14.3 Å². The summed E-state index contributed by atoms with van der Waals surface area (Å²) in [5.74, 6) is 3.44. The number of hydrogen-bond acceptors (Lipinski definition) is 3. The van der Waals surface area contributed by atoms with E-state index < -0.39 is 0 Å². The normalized spacial score (nSPS) is 49.1.